The monoisotopic (exact) mass is 358 g/mol. The minimum absolute atomic E-state index is 0.107. The number of rotatable bonds is 13. The van der Waals surface area contributed by atoms with Crippen LogP contribution in [0.25, 0.3) is 0 Å². The van der Waals surface area contributed by atoms with Crippen LogP contribution < -0.4 is 33.2 Å². The first-order valence-electron chi connectivity index (χ1n) is 8.18. The van der Waals surface area contributed by atoms with E-state index in [-0.39, 0.29) is 18.3 Å². The van der Waals surface area contributed by atoms with E-state index in [4.69, 9.17) is 28.0 Å². The molecule has 11 heteroatoms. The summed E-state index contributed by atoms with van der Waals surface area (Å²) in [5.41, 5.74) is 16.1. The molecule has 11 nitrogen and oxygen atoms in total. The van der Waals surface area contributed by atoms with Crippen molar-refractivity contribution in [2.45, 2.75) is 50.6 Å². The van der Waals surface area contributed by atoms with Crippen LogP contribution in [-0.2, 0) is 9.59 Å². The number of unbranched alkanes of at least 4 members (excludes halogenated alkanes) is 2. The molecule has 0 heterocycles. The molecule has 0 aromatic carbocycles. The van der Waals surface area contributed by atoms with Crippen LogP contribution in [0.5, 0.6) is 0 Å². The van der Waals surface area contributed by atoms with Gasteiger partial charge in [0.15, 0.2) is 11.9 Å². The standard InChI is InChI=1S/C14H30N8O3/c15-9(5-1-3-7-20-13(16)17)11(23)22-10(12(24)25)6-2-4-8-21-14(18)19/h9-10H,1-8,15H2,(H,22,23)(H,24,25)(H4,16,17,20)(H4,18,19,21)/t9-,10-/m0/s1. The van der Waals surface area contributed by atoms with Crippen LogP contribution in [0.15, 0.2) is 0 Å². The molecule has 0 bridgehead atoms. The maximum absolute atomic E-state index is 12.0. The Balaban J connectivity index is 4.06. The van der Waals surface area contributed by atoms with Crippen molar-refractivity contribution in [2.24, 2.45) is 17.2 Å². The largest absolute Gasteiger partial charge is 0.480 e. The topological polar surface area (TPSA) is 216 Å². The first kappa shape index (κ1) is 22.4. The van der Waals surface area contributed by atoms with Crippen molar-refractivity contribution < 1.29 is 14.7 Å². The maximum atomic E-state index is 12.0. The molecule has 12 N–H and O–H groups in total. The summed E-state index contributed by atoms with van der Waals surface area (Å²) in [5.74, 6) is -1.84. The third-order valence-electron chi connectivity index (χ3n) is 3.44. The van der Waals surface area contributed by atoms with Crippen molar-refractivity contribution >= 4 is 23.8 Å². The lowest BCUT2D eigenvalue weighted by Gasteiger charge is -2.18. The first-order valence-corrected chi connectivity index (χ1v) is 8.18. The first-order chi connectivity index (χ1) is 11.7. The molecule has 0 aromatic heterocycles. The Bertz CT molecular complexity index is 457. The van der Waals surface area contributed by atoms with Crippen LogP contribution in [0.3, 0.4) is 0 Å². The molecule has 0 aliphatic rings. The number of carbonyl (C=O) groups excluding carboxylic acids is 1. The average Bonchev–Trinajstić information content (AvgIpc) is 2.51. The van der Waals surface area contributed by atoms with Crippen molar-refractivity contribution in [3.63, 3.8) is 0 Å². The van der Waals surface area contributed by atoms with E-state index in [2.05, 4.69) is 16.0 Å². The summed E-state index contributed by atoms with van der Waals surface area (Å²) < 4.78 is 0. The SMILES string of the molecule is N=C(N)NCCCC[C@H](NC(=O)[C@@H](N)CCCCNC(=N)N)C(=O)O. The predicted molar refractivity (Wildman–Crippen MR) is 95.1 cm³/mol. The van der Waals surface area contributed by atoms with Crippen LogP contribution in [0.1, 0.15) is 38.5 Å². The summed E-state index contributed by atoms with van der Waals surface area (Å²) >= 11 is 0. The lowest BCUT2D eigenvalue weighted by Crippen LogP contribution is -2.48. The predicted octanol–water partition coefficient (Wildman–Crippen LogP) is -1.81. The van der Waals surface area contributed by atoms with E-state index in [0.29, 0.717) is 45.2 Å². The Morgan fingerprint density at radius 3 is 1.84 bits per heavy atom. The molecule has 0 unspecified atom stereocenters. The normalized spacial score (nSPS) is 12.7. The van der Waals surface area contributed by atoms with Gasteiger partial charge in [-0.15, -0.1) is 0 Å². The summed E-state index contributed by atoms with van der Waals surface area (Å²) in [7, 11) is 0. The maximum Gasteiger partial charge on any atom is 0.326 e. The van der Waals surface area contributed by atoms with Crippen molar-refractivity contribution in [3.8, 4) is 0 Å². The van der Waals surface area contributed by atoms with Gasteiger partial charge in [0.1, 0.15) is 6.04 Å². The zero-order chi connectivity index (χ0) is 19.2. The zero-order valence-corrected chi connectivity index (χ0v) is 14.3. The number of amides is 1. The van der Waals surface area contributed by atoms with Crippen LogP contribution in [0.4, 0.5) is 0 Å². The quantitative estimate of drug-likeness (QED) is 0.103. The molecule has 144 valence electrons. The second-order valence-corrected chi connectivity index (χ2v) is 5.68. The molecule has 0 rings (SSSR count). The molecule has 2 atom stereocenters. The van der Waals surface area contributed by atoms with Gasteiger partial charge in [0, 0.05) is 13.1 Å². The third kappa shape index (κ3) is 12.5. The summed E-state index contributed by atoms with van der Waals surface area (Å²) in [6.45, 7) is 0.999. The van der Waals surface area contributed by atoms with Crippen molar-refractivity contribution in [2.75, 3.05) is 13.1 Å². The molecule has 0 aromatic rings. The number of aliphatic carboxylic acids is 1. The van der Waals surface area contributed by atoms with Crippen molar-refractivity contribution in [1.29, 1.82) is 10.8 Å². The van der Waals surface area contributed by atoms with Gasteiger partial charge in [-0.2, -0.15) is 0 Å². The lowest BCUT2D eigenvalue weighted by molar-refractivity contribution is -0.142. The highest BCUT2D eigenvalue weighted by molar-refractivity contribution is 5.86. The third-order valence-corrected chi connectivity index (χ3v) is 3.44. The molecule has 1 amide bonds. The highest BCUT2D eigenvalue weighted by atomic mass is 16.4. The van der Waals surface area contributed by atoms with E-state index in [1.807, 2.05) is 0 Å². The fraction of sp³-hybridized carbons (Fsp3) is 0.714. The van der Waals surface area contributed by atoms with Gasteiger partial charge in [-0.1, -0.05) is 0 Å². The summed E-state index contributed by atoms with van der Waals surface area (Å²) in [4.78, 5) is 23.2. The number of nitrogens with one attached hydrogen (secondary N) is 5. The highest BCUT2D eigenvalue weighted by Crippen LogP contribution is 2.04. The minimum Gasteiger partial charge on any atom is -0.480 e. The van der Waals surface area contributed by atoms with Gasteiger partial charge < -0.3 is 38.3 Å². The van der Waals surface area contributed by atoms with E-state index in [1.165, 1.54) is 0 Å². The zero-order valence-electron chi connectivity index (χ0n) is 14.3. The van der Waals surface area contributed by atoms with Crippen molar-refractivity contribution in [1.82, 2.24) is 16.0 Å². The number of guanidine groups is 2. The van der Waals surface area contributed by atoms with E-state index in [1.54, 1.807) is 0 Å². The molecule has 0 radical (unpaired) electrons. The minimum atomic E-state index is -1.11. The number of hydrogen-bond donors (Lipinski definition) is 9. The number of hydrogen-bond acceptors (Lipinski definition) is 5. The van der Waals surface area contributed by atoms with Crippen LogP contribution in [0.2, 0.25) is 0 Å². The van der Waals surface area contributed by atoms with E-state index in [0.717, 1.165) is 0 Å². The van der Waals surface area contributed by atoms with Gasteiger partial charge in [0.2, 0.25) is 5.91 Å². The van der Waals surface area contributed by atoms with Crippen molar-refractivity contribution in [3.05, 3.63) is 0 Å². The number of carboxylic acid groups (broad SMARTS) is 1. The van der Waals surface area contributed by atoms with Gasteiger partial charge in [-0.3, -0.25) is 15.6 Å². The summed E-state index contributed by atoms with van der Waals surface area (Å²) in [6, 6.07) is -1.77. The fourth-order valence-electron chi connectivity index (χ4n) is 2.08. The average molecular weight is 358 g/mol. The molecular weight excluding hydrogens is 328 g/mol. The molecular formula is C14H30N8O3. The Morgan fingerprint density at radius 1 is 0.920 bits per heavy atom. The Labute approximate surface area is 147 Å². The molecule has 0 saturated carbocycles. The fourth-order valence-corrected chi connectivity index (χ4v) is 2.08. The second kappa shape index (κ2) is 12.8. The van der Waals surface area contributed by atoms with Gasteiger partial charge in [0.05, 0.1) is 6.04 Å². The van der Waals surface area contributed by atoms with E-state index in [9.17, 15) is 14.7 Å². The second-order valence-electron chi connectivity index (χ2n) is 5.68. The highest BCUT2D eigenvalue weighted by Gasteiger charge is 2.22. The number of carbonyl (C=O) groups is 2. The molecule has 0 spiro atoms. The Kier molecular flexibility index (Phi) is 11.5. The molecule has 0 aliphatic heterocycles. The lowest BCUT2D eigenvalue weighted by atomic mass is 10.1. The Morgan fingerprint density at radius 2 is 1.40 bits per heavy atom. The Hall–Kier alpha value is -2.56. The van der Waals surface area contributed by atoms with Crippen LogP contribution >= 0.6 is 0 Å². The summed E-state index contributed by atoms with van der Waals surface area (Å²) in [6.07, 6.45) is 3.24. The smallest absolute Gasteiger partial charge is 0.326 e. The van der Waals surface area contributed by atoms with Crippen LogP contribution in [0, 0.1) is 10.8 Å². The molecule has 25 heavy (non-hydrogen) atoms. The van der Waals surface area contributed by atoms with Gasteiger partial charge in [-0.05, 0) is 38.5 Å². The van der Waals surface area contributed by atoms with Gasteiger partial charge >= 0.3 is 5.97 Å². The van der Waals surface area contributed by atoms with E-state index < -0.39 is 24.0 Å². The van der Waals surface area contributed by atoms with Gasteiger partial charge in [-0.25, -0.2) is 4.79 Å². The number of nitrogens with two attached hydrogens (primary N) is 3. The number of carboxylic acids is 1. The molecule has 0 saturated heterocycles. The van der Waals surface area contributed by atoms with E-state index >= 15 is 0 Å². The van der Waals surface area contributed by atoms with Crippen LogP contribution in [-0.4, -0.2) is 54.1 Å². The summed E-state index contributed by atoms with van der Waals surface area (Å²) in [5, 5.41) is 30.9. The molecule has 0 fully saturated rings. The van der Waals surface area contributed by atoms with Gasteiger partial charge in [0.25, 0.3) is 0 Å². The molecule has 0 aliphatic carbocycles.